The Morgan fingerprint density at radius 1 is 0.839 bits per heavy atom. The largest absolute Gasteiger partial charge is 0.508 e. The standard InChI is InChI=1S/C26H23NO4/c1-30-22-14-8-13-20(25(22)31-2)24(27-26(29)18-10-4-3-5-11-18)23-19-12-7-6-9-17(19)15-16-21(23)28/h3-16,24,28H,1-2H3,(H,27,29). The number of benzene rings is 4. The van der Waals surface area contributed by atoms with Crippen LogP contribution in [0.25, 0.3) is 10.8 Å². The number of nitrogens with one attached hydrogen (secondary N) is 1. The molecule has 2 N–H and O–H groups in total. The number of carbonyl (C=O) groups excluding carboxylic acids is 1. The summed E-state index contributed by atoms with van der Waals surface area (Å²) in [5, 5.41) is 15.8. The number of aromatic hydroxyl groups is 1. The molecule has 0 heterocycles. The lowest BCUT2D eigenvalue weighted by atomic mass is 9.91. The lowest BCUT2D eigenvalue weighted by Crippen LogP contribution is -2.30. The molecule has 31 heavy (non-hydrogen) atoms. The van der Waals surface area contributed by atoms with Crippen molar-refractivity contribution in [2.75, 3.05) is 14.2 Å². The van der Waals surface area contributed by atoms with Crippen LogP contribution in [0, 0.1) is 0 Å². The zero-order chi connectivity index (χ0) is 21.8. The van der Waals surface area contributed by atoms with Crippen LogP contribution in [-0.2, 0) is 0 Å². The summed E-state index contributed by atoms with van der Waals surface area (Å²) in [5.41, 5.74) is 1.79. The van der Waals surface area contributed by atoms with Crippen molar-refractivity contribution in [3.05, 3.63) is 102 Å². The van der Waals surface area contributed by atoms with Crippen molar-refractivity contribution >= 4 is 16.7 Å². The number of ether oxygens (including phenoxy) is 2. The van der Waals surface area contributed by atoms with Crippen molar-refractivity contribution in [3.8, 4) is 17.2 Å². The van der Waals surface area contributed by atoms with Gasteiger partial charge in [-0.25, -0.2) is 0 Å². The van der Waals surface area contributed by atoms with Gasteiger partial charge in [-0.1, -0.05) is 60.7 Å². The molecule has 0 aromatic heterocycles. The predicted octanol–water partition coefficient (Wildman–Crippen LogP) is 5.08. The summed E-state index contributed by atoms with van der Waals surface area (Å²) < 4.78 is 11.1. The van der Waals surface area contributed by atoms with Crippen molar-refractivity contribution in [2.24, 2.45) is 0 Å². The van der Waals surface area contributed by atoms with Gasteiger partial charge in [-0.05, 0) is 35.0 Å². The molecule has 0 bridgehead atoms. The number of phenolic OH excluding ortho intramolecular Hbond substituents is 1. The van der Waals surface area contributed by atoms with Gasteiger partial charge in [0.15, 0.2) is 11.5 Å². The summed E-state index contributed by atoms with van der Waals surface area (Å²) in [6.07, 6.45) is 0. The molecule has 0 saturated carbocycles. The molecule has 0 aliphatic carbocycles. The van der Waals surface area contributed by atoms with Crippen molar-refractivity contribution in [2.45, 2.75) is 6.04 Å². The second-order valence-corrected chi connectivity index (χ2v) is 7.07. The van der Waals surface area contributed by atoms with E-state index in [1.54, 1.807) is 38.5 Å². The van der Waals surface area contributed by atoms with E-state index in [1.807, 2.05) is 60.7 Å². The fraction of sp³-hybridized carbons (Fsp3) is 0.115. The maximum Gasteiger partial charge on any atom is 0.252 e. The van der Waals surface area contributed by atoms with Gasteiger partial charge >= 0.3 is 0 Å². The van der Waals surface area contributed by atoms with Gasteiger partial charge in [0.25, 0.3) is 5.91 Å². The van der Waals surface area contributed by atoms with Crippen molar-refractivity contribution in [1.29, 1.82) is 0 Å². The lowest BCUT2D eigenvalue weighted by Gasteiger charge is -2.25. The zero-order valence-corrected chi connectivity index (χ0v) is 17.3. The highest BCUT2D eigenvalue weighted by Gasteiger charge is 2.27. The number of methoxy groups -OCH3 is 2. The van der Waals surface area contributed by atoms with Gasteiger partial charge in [-0.15, -0.1) is 0 Å². The molecule has 0 radical (unpaired) electrons. The Morgan fingerprint density at radius 2 is 1.58 bits per heavy atom. The Hall–Kier alpha value is -3.99. The van der Waals surface area contributed by atoms with E-state index in [1.165, 1.54) is 0 Å². The third kappa shape index (κ3) is 3.90. The van der Waals surface area contributed by atoms with Crippen molar-refractivity contribution in [1.82, 2.24) is 5.32 Å². The SMILES string of the molecule is COc1cccc(C(NC(=O)c2ccccc2)c2c(O)ccc3ccccc23)c1OC. The molecule has 4 aromatic carbocycles. The quantitative estimate of drug-likeness (QED) is 0.462. The molecule has 0 saturated heterocycles. The van der Waals surface area contributed by atoms with Crippen LogP contribution in [0.3, 0.4) is 0 Å². The average Bonchev–Trinajstić information content (AvgIpc) is 2.82. The number of hydrogen-bond acceptors (Lipinski definition) is 4. The molecule has 0 aliphatic rings. The number of para-hydroxylation sites is 1. The maximum atomic E-state index is 13.1. The van der Waals surface area contributed by atoms with Crippen molar-refractivity contribution in [3.63, 3.8) is 0 Å². The smallest absolute Gasteiger partial charge is 0.252 e. The van der Waals surface area contributed by atoms with Crippen LogP contribution in [0.1, 0.15) is 27.5 Å². The van der Waals surface area contributed by atoms with E-state index in [-0.39, 0.29) is 11.7 Å². The number of phenols is 1. The molecule has 4 rings (SSSR count). The number of carbonyl (C=O) groups is 1. The van der Waals surface area contributed by atoms with Crippen LogP contribution in [-0.4, -0.2) is 25.2 Å². The van der Waals surface area contributed by atoms with E-state index in [0.29, 0.717) is 28.2 Å². The minimum Gasteiger partial charge on any atom is -0.508 e. The third-order valence-corrected chi connectivity index (χ3v) is 5.29. The Labute approximate surface area is 180 Å². The molecule has 1 atom stereocenters. The maximum absolute atomic E-state index is 13.1. The molecule has 5 nitrogen and oxygen atoms in total. The molecule has 1 amide bonds. The van der Waals surface area contributed by atoms with E-state index < -0.39 is 6.04 Å². The summed E-state index contributed by atoms with van der Waals surface area (Å²) in [7, 11) is 3.12. The van der Waals surface area contributed by atoms with E-state index in [4.69, 9.17) is 9.47 Å². The van der Waals surface area contributed by atoms with Gasteiger partial charge in [-0.3, -0.25) is 4.79 Å². The normalized spacial score (nSPS) is 11.7. The highest BCUT2D eigenvalue weighted by Crippen LogP contribution is 2.42. The highest BCUT2D eigenvalue weighted by molar-refractivity contribution is 5.96. The molecule has 1 unspecified atom stereocenters. The van der Waals surface area contributed by atoms with Crippen LogP contribution in [0.5, 0.6) is 17.2 Å². The van der Waals surface area contributed by atoms with Crippen LogP contribution in [0.15, 0.2) is 84.9 Å². The van der Waals surface area contributed by atoms with E-state index in [2.05, 4.69) is 5.32 Å². The zero-order valence-electron chi connectivity index (χ0n) is 17.3. The van der Waals surface area contributed by atoms with Gasteiger partial charge in [0.05, 0.1) is 20.3 Å². The topological polar surface area (TPSA) is 67.8 Å². The summed E-state index contributed by atoms with van der Waals surface area (Å²) in [6.45, 7) is 0. The van der Waals surface area contributed by atoms with Gasteiger partial charge in [-0.2, -0.15) is 0 Å². The second-order valence-electron chi connectivity index (χ2n) is 7.07. The van der Waals surface area contributed by atoms with Crippen LogP contribution in [0.4, 0.5) is 0 Å². The third-order valence-electron chi connectivity index (χ3n) is 5.29. The molecular formula is C26H23NO4. The number of rotatable bonds is 6. The molecule has 0 spiro atoms. The number of hydrogen-bond donors (Lipinski definition) is 2. The number of fused-ring (bicyclic) bond motifs is 1. The van der Waals surface area contributed by atoms with Gasteiger partial charge < -0.3 is 19.9 Å². The molecule has 4 aromatic rings. The highest BCUT2D eigenvalue weighted by atomic mass is 16.5. The van der Waals surface area contributed by atoms with Crippen molar-refractivity contribution < 1.29 is 19.4 Å². The first-order valence-corrected chi connectivity index (χ1v) is 9.91. The Morgan fingerprint density at radius 3 is 2.32 bits per heavy atom. The molecule has 5 heteroatoms. The van der Waals surface area contributed by atoms with Crippen LogP contribution >= 0.6 is 0 Å². The Balaban J connectivity index is 1.94. The number of amides is 1. The van der Waals surface area contributed by atoms with E-state index in [0.717, 1.165) is 10.8 Å². The monoisotopic (exact) mass is 413 g/mol. The lowest BCUT2D eigenvalue weighted by molar-refractivity contribution is 0.0942. The predicted molar refractivity (Wildman–Crippen MR) is 121 cm³/mol. The summed E-state index contributed by atoms with van der Waals surface area (Å²) in [4.78, 5) is 13.1. The second kappa shape index (κ2) is 8.79. The molecule has 0 fully saturated rings. The summed E-state index contributed by atoms with van der Waals surface area (Å²) in [5.74, 6) is 0.860. The Bertz CT molecular complexity index is 1220. The van der Waals surface area contributed by atoms with Crippen LogP contribution < -0.4 is 14.8 Å². The summed E-state index contributed by atoms with van der Waals surface area (Å²) >= 11 is 0. The molecule has 156 valence electrons. The van der Waals surface area contributed by atoms with Gasteiger partial charge in [0, 0.05) is 16.7 Å². The Kier molecular flexibility index (Phi) is 5.76. The molecule has 0 aliphatic heterocycles. The molecular weight excluding hydrogens is 390 g/mol. The van der Waals surface area contributed by atoms with Gasteiger partial charge in [0.1, 0.15) is 5.75 Å². The minimum atomic E-state index is -0.677. The first-order valence-electron chi connectivity index (χ1n) is 9.91. The first-order chi connectivity index (χ1) is 15.1. The fourth-order valence-electron chi connectivity index (χ4n) is 3.84. The van der Waals surface area contributed by atoms with Gasteiger partial charge in [0.2, 0.25) is 0 Å². The van der Waals surface area contributed by atoms with E-state index >= 15 is 0 Å². The minimum absolute atomic E-state index is 0.0851. The van der Waals surface area contributed by atoms with E-state index in [9.17, 15) is 9.90 Å². The first kappa shape index (κ1) is 20.3. The summed E-state index contributed by atoms with van der Waals surface area (Å²) in [6, 6.07) is 25.0. The fourth-order valence-corrected chi connectivity index (χ4v) is 3.84. The van der Waals surface area contributed by atoms with Crippen LogP contribution in [0.2, 0.25) is 0 Å². The average molecular weight is 413 g/mol.